The second-order valence-corrected chi connectivity index (χ2v) is 8.59. The molecule has 1 amide bonds. The van der Waals surface area contributed by atoms with E-state index in [1.165, 1.54) is 18.2 Å². The summed E-state index contributed by atoms with van der Waals surface area (Å²) in [6, 6.07) is 6.32. The smallest absolute Gasteiger partial charge is 0.348 e. The Morgan fingerprint density at radius 2 is 1.00 bits per heavy atom. The summed E-state index contributed by atoms with van der Waals surface area (Å²) >= 11 is 0.665. The summed E-state index contributed by atoms with van der Waals surface area (Å²) in [6.07, 6.45) is -9.08. The molecule has 1 aromatic rings. The Labute approximate surface area is 213 Å². The van der Waals surface area contributed by atoms with Crippen molar-refractivity contribution in [3.63, 3.8) is 0 Å². The van der Waals surface area contributed by atoms with E-state index in [1.807, 2.05) is 0 Å². The first kappa shape index (κ1) is 34.0. The third-order valence-electron chi connectivity index (χ3n) is 4.54. The second kappa shape index (κ2) is 10.2. The molecule has 0 unspecified atom stereocenters. The van der Waals surface area contributed by atoms with Gasteiger partial charge in [0.15, 0.2) is 0 Å². The number of benzene rings is 1. The van der Waals surface area contributed by atoms with Gasteiger partial charge < -0.3 is 5.32 Å². The lowest BCUT2D eigenvalue weighted by atomic mass is 9.89. The number of carbonyl (C=O) groups excluding carboxylic acids is 1. The maximum Gasteiger partial charge on any atom is 0.460 e. The van der Waals surface area contributed by atoms with E-state index in [4.69, 9.17) is 0 Å². The summed E-state index contributed by atoms with van der Waals surface area (Å²) in [5.41, 5.74) is -0.154. The van der Waals surface area contributed by atoms with E-state index in [2.05, 4.69) is 0 Å². The predicted molar refractivity (Wildman–Crippen MR) is 102 cm³/mol. The van der Waals surface area contributed by atoms with E-state index >= 15 is 0 Å². The molecule has 1 N–H and O–H groups in total. The van der Waals surface area contributed by atoms with Crippen LogP contribution in [0.2, 0.25) is 0 Å². The largest absolute Gasteiger partial charge is 0.460 e. The molecular formula is C18H9F17INO. The molecule has 218 valence electrons. The fraction of sp³-hybridized carbons (Fsp3) is 0.500. The van der Waals surface area contributed by atoms with Crippen LogP contribution in [-0.4, -0.2) is 60.1 Å². The zero-order valence-electron chi connectivity index (χ0n) is 17.4. The first-order chi connectivity index (χ1) is 16.6. The molecular weight excluding hydrogens is 696 g/mol. The summed E-state index contributed by atoms with van der Waals surface area (Å²) in [7, 11) is 0. The molecule has 0 aliphatic carbocycles. The molecule has 0 aromatic heterocycles. The molecule has 38 heavy (non-hydrogen) atoms. The van der Waals surface area contributed by atoms with Crippen LogP contribution >= 0.6 is 22.6 Å². The molecule has 2 nitrogen and oxygen atoms in total. The van der Waals surface area contributed by atoms with Gasteiger partial charge in [0.2, 0.25) is 0 Å². The van der Waals surface area contributed by atoms with E-state index in [0.29, 0.717) is 22.6 Å². The summed E-state index contributed by atoms with van der Waals surface area (Å²) in [5, 5.41) is 1.78. The van der Waals surface area contributed by atoms with Crippen LogP contribution in [0.25, 0.3) is 0 Å². The highest BCUT2D eigenvalue weighted by Gasteiger charge is 2.95. The van der Waals surface area contributed by atoms with Gasteiger partial charge in [-0.2, -0.15) is 74.6 Å². The van der Waals surface area contributed by atoms with Gasteiger partial charge in [0.05, 0.1) is 0 Å². The molecule has 0 saturated carbocycles. The topological polar surface area (TPSA) is 29.1 Å². The molecule has 0 spiro atoms. The summed E-state index contributed by atoms with van der Waals surface area (Å²) < 4.78 is 224. The van der Waals surface area contributed by atoms with E-state index in [1.54, 1.807) is 5.32 Å². The van der Waals surface area contributed by atoms with Crippen molar-refractivity contribution >= 4 is 28.5 Å². The third-order valence-corrected chi connectivity index (χ3v) is 5.23. The molecule has 1 aromatic carbocycles. The van der Waals surface area contributed by atoms with E-state index in [9.17, 15) is 79.4 Å². The summed E-state index contributed by atoms with van der Waals surface area (Å²) in [5.74, 6) is -58.0. The van der Waals surface area contributed by atoms with Crippen LogP contribution in [-0.2, 0) is 0 Å². The van der Waals surface area contributed by atoms with Gasteiger partial charge in [0.1, 0.15) is 0 Å². The standard InChI is InChI=1S/C18H9F17INO/c19-11(20,6-9(36)7-37-10(38)8-4-2-1-3-5-8)12(21,22)13(23,24)14(25,26)15(27,28)16(29,30)17(31,32)18(33,34)35/h1-6H,7H2,(H,37,38). The fourth-order valence-corrected chi connectivity index (χ4v) is 2.95. The summed E-state index contributed by atoms with van der Waals surface area (Å²) in [4.78, 5) is 11.8. The quantitative estimate of drug-likeness (QED) is 0.196. The van der Waals surface area contributed by atoms with Gasteiger partial charge in [-0.15, -0.1) is 0 Å². The lowest BCUT2D eigenvalue weighted by Gasteiger charge is -2.42. The van der Waals surface area contributed by atoms with Crippen LogP contribution < -0.4 is 5.32 Å². The van der Waals surface area contributed by atoms with Crippen LogP contribution in [0.1, 0.15) is 10.4 Å². The molecule has 0 saturated heterocycles. The monoisotopic (exact) mass is 705 g/mol. The van der Waals surface area contributed by atoms with Crippen LogP contribution in [0, 0.1) is 0 Å². The molecule has 0 radical (unpaired) electrons. The Morgan fingerprint density at radius 1 is 0.632 bits per heavy atom. The van der Waals surface area contributed by atoms with Gasteiger partial charge in [-0.1, -0.05) is 18.2 Å². The zero-order valence-corrected chi connectivity index (χ0v) is 19.5. The average molecular weight is 705 g/mol. The molecule has 0 aliphatic rings. The Hall–Kier alpha value is -2.03. The van der Waals surface area contributed by atoms with Crippen LogP contribution in [0.3, 0.4) is 0 Å². The highest BCUT2D eigenvalue weighted by molar-refractivity contribution is 14.1. The Morgan fingerprint density at radius 3 is 1.39 bits per heavy atom. The van der Waals surface area contributed by atoms with Crippen molar-refractivity contribution < 1.29 is 79.4 Å². The minimum atomic E-state index is -8.68. The molecule has 0 heterocycles. The van der Waals surface area contributed by atoms with Crippen LogP contribution in [0.4, 0.5) is 74.6 Å². The molecule has 0 atom stereocenters. The van der Waals surface area contributed by atoms with Crippen LogP contribution in [0.5, 0.6) is 0 Å². The molecule has 20 heteroatoms. The molecule has 0 bridgehead atoms. The summed E-state index contributed by atoms with van der Waals surface area (Å²) in [6.45, 7) is -1.20. The second-order valence-electron chi connectivity index (χ2n) is 7.21. The van der Waals surface area contributed by atoms with Gasteiger partial charge in [-0.25, -0.2) is 0 Å². The number of hydrogen-bond acceptors (Lipinski definition) is 1. The maximum absolute atomic E-state index is 13.9. The minimum Gasteiger partial charge on any atom is -0.348 e. The van der Waals surface area contributed by atoms with Gasteiger partial charge in [-0.3, -0.25) is 4.79 Å². The van der Waals surface area contributed by atoms with Gasteiger partial charge in [-0.05, 0) is 34.7 Å². The molecule has 0 fully saturated rings. The Kier molecular flexibility index (Phi) is 9.11. The van der Waals surface area contributed by atoms with Crippen molar-refractivity contribution in [2.75, 3.05) is 6.54 Å². The van der Waals surface area contributed by atoms with Gasteiger partial charge in [0, 0.05) is 21.8 Å². The van der Waals surface area contributed by atoms with Crippen molar-refractivity contribution in [3.8, 4) is 0 Å². The van der Waals surface area contributed by atoms with E-state index < -0.39 is 69.7 Å². The fourth-order valence-electron chi connectivity index (χ4n) is 2.37. The van der Waals surface area contributed by atoms with Crippen molar-refractivity contribution in [2.45, 2.75) is 47.6 Å². The number of nitrogens with one attached hydrogen (secondary N) is 1. The lowest BCUT2D eigenvalue weighted by Crippen LogP contribution is -2.74. The number of amides is 1. The normalized spacial score (nSPS) is 15.5. The molecule has 0 aliphatic heterocycles. The van der Waals surface area contributed by atoms with E-state index in [-0.39, 0.29) is 5.56 Å². The van der Waals surface area contributed by atoms with Gasteiger partial charge in [0.25, 0.3) is 5.91 Å². The maximum atomic E-state index is 13.9. The van der Waals surface area contributed by atoms with Gasteiger partial charge >= 0.3 is 47.6 Å². The highest BCUT2D eigenvalue weighted by atomic mass is 127. The SMILES string of the molecule is O=C(NCC(I)=CC(F)(F)C(F)(F)C(F)(F)C(F)(F)C(F)(F)C(F)(F)C(F)(F)C(F)(F)F)c1ccccc1. The zero-order chi connectivity index (χ0) is 30.4. The predicted octanol–water partition coefficient (Wildman–Crippen LogP) is 7.74. The Balaban J connectivity index is 3.41. The number of alkyl halides is 17. The Bertz CT molecular complexity index is 1030. The average Bonchev–Trinajstić information content (AvgIpc) is 2.76. The number of rotatable bonds is 10. The van der Waals surface area contributed by atoms with Crippen molar-refractivity contribution in [1.29, 1.82) is 0 Å². The van der Waals surface area contributed by atoms with Crippen molar-refractivity contribution in [1.82, 2.24) is 5.32 Å². The van der Waals surface area contributed by atoms with Crippen molar-refractivity contribution in [2.24, 2.45) is 0 Å². The third kappa shape index (κ3) is 5.36. The number of carbonyl (C=O) groups is 1. The lowest BCUT2D eigenvalue weighted by molar-refractivity contribution is -0.459. The first-order valence-electron chi connectivity index (χ1n) is 9.05. The van der Waals surface area contributed by atoms with Crippen molar-refractivity contribution in [3.05, 3.63) is 45.6 Å². The minimum absolute atomic E-state index is 0.154. The number of hydrogen-bond donors (Lipinski definition) is 1. The highest BCUT2D eigenvalue weighted by Crippen LogP contribution is 2.64. The van der Waals surface area contributed by atoms with E-state index in [0.717, 1.165) is 12.1 Å². The van der Waals surface area contributed by atoms with Crippen LogP contribution in [0.15, 0.2) is 40.0 Å². The first-order valence-corrected chi connectivity index (χ1v) is 10.1. The number of allylic oxidation sites excluding steroid dienone is 1. The molecule has 1 rings (SSSR count). The number of halogens is 18.